The van der Waals surface area contributed by atoms with Crippen molar-refractivity contribution in [1.82, 2.24) is 0 Å². The quantitative estimate of drug-likeness (QED) is 0.288. The monoisotopic (exact) mass is 496 g/mol. The van der Waals surface area contributed by atoms with Crippen molar-refractivity contribution < 1.29 is 24.9 Å². The second kappa shape index (κ2) is 9.57. The average Bonchev–Trinajstić information content (AvgIpc) is 2.66. The van der Waals surface area contributed by atoms with Crippen LogP contribution in [0.25, 0.3) is 0 Å². The molecule has 156 valence electrons. The maximum Gasteiger partial charge on any atom is 0.150 e. The van der Waals surface area contributed by atoms with E-state index in [4.69, 9.17) is 4.52 Å². The van der Waals surface area contributed by atoms with E-state index in [-0.39, 0.29) is 31.3 Å². The van der Waals surface area contributed by atoms with Crippen molar-refractivity contribution in [3.63, 3.8) is 0 Å². The minimum Gasteiger partial charge on any atom is -0.464 e. The molecule has 0 unspecified atom stereocenters. The topological polar surface area (TPSA) is 9.23 Å². The van der Waals surface area contributed by atoms with E-state index in [9.17, 15) is 0 Å². The molecule has 0 fully saturated rings. The Morgan fingerprint density at radius 2 is 1.10 bits per heavy atom. The smallest absolute Gasteiger partial charge is 0.150 e. The average molecular weight is 497 g/mol. The molecule has 3 aromatic carbocycles. The Morgan fingerprint density at radius 3 is 1.52 bits per heavy atom. The van der Waals surface area contributed by atoms with Gasteiger partial charge in [-0.3, -0.25) is 0 Å². The molecule has 0 spiro atoms. The minimum atomic E-state index is -0.928. The van der Waals surface area contributed by atoms with Gasteiger partial charge in [0.1, 0.15) is 5.75 Å². The van der Waals surface area contributed by atoms with E-state index >= 15 is 0 Å². The molecule has 0 amide bonds. The largest absolute Gasteiger partial charge is 0.464 e. The van der Waals surface area contributed by atoms with Crippen LogP contribution in [0, 0.1) is 0 Å². The zero-order chi connectivity index (χ0) is 20.4. The Morgan fingerprint density at radius 1 is 0.621 bits per heavy atom. The van der Waals surface area contributed by atoms with Crippen LogP contribution in [0.5, 0.6) is 5.75 Å². The first kappa shape index (κ1) is 23.8. The molecule has 3 heteroatoms. The molecule has 3 rings (SSSR count). The fourth-order valence-corrected chi connectivity index (χ4v) is 4.89. The summed E-state index contributed by atoms with van der Waals surface area (Å²) in [6.07, 6.45) is 0. The fraction of sp³-hybridized carbons (Fsp3) is 0.308. The number of rotatable bonds is 4. The molecule has 0 saturated carbocycles. The fourth-order valence-electron chi connectivity index (χ4n) is 3.14. The predicted molar refractivity (Wildman–Crippen MR) is 124 cm³/mol. The molecule has 1 nitrogen and oxygen atoms in total. The van der Waals surface area contributed by atoms with Crippen LogP contribution in [0.2, 0.25) is 0 Å². The summed E-state index contributed by atoms with van der Waals surface area (Å²) in [4.78, 5) is 0. The molecular formula is C26H31OPPd. The van der Waals surface area contributed by atoms with Crippen LogP contribution in [0.1, 0.15) is 52.7 Å². The van der Waals surface area contributed by atoms with Gasteiger partial charge in [-0.05, 0) is 22.5 Å². The molecule has 0 aliphatic carbocycles. The van der Waals surface area contributed by atoms with Crippen LogP contribution in [0.4, 0.5) is 0 Å². The van der Waals surface area contributed by atoms with Crippen LogP contribution >= 0.6 is 8.15 Å². The van der Waals surface area contributed by atoms with Gasteiger partial charge in [0.2, 0.25) is 0 Å². The van der Waals surface area contributed by atoms with E-state index < -0.39 is 8.15 Å². The molecule has 0 aliphatic rings. The van der Waals surface area contributed by atoms with Gasteiger partial charge in [-0.2, -0.15) is 0 Å². The SMILES string of the molecule is CC(C)(C)c1ccc(OP(c2ccccc2)c2ccccc2)c(C(C)(C)C)c1.[Pd]. The molecule has 0 aromatic heterocycles. The summed E-state index contributed by atoms with van der Waals surface area (Å²) in [7, 11) is -0.928. The Bertz CT molecular complexity index is 869. The first-order valence-corrected chi connectivity index (χ1v) is 11.2. The molecule has 29 heavy (non-hydrogen) atoms. The molecular weight excluding hydrogens is 466 g/mol. The van der Waals surface area contributed by atoms with Crippen LogP contribution in [0.3, 0.4) is 0 Å². The van der Waals surface area contributed by atoms with Gasteiger partial charge >= 0.3 is 0 Å². The second-order valence-corrected chi connectivity index (χ2v) is 11.1. The standard InChI is InChI=1S/C26H31OP.Pd/c1-25(2,3)20-17-18-24(23(19-20)26(4,5)6)27-28(21-13-9-7-10-14-21)22-15-11-8-12-16-22;/h7-19H,1-6H3;. The van der Waals surface area contributed by atoms with Crippen molar-refractivity contribution >= 4 is 18.8 Å². The van der Waals surface area contributed by atoms with Gasteiger partial charge < -0.3 is 4.52 Å². The van der Waals surface area contributed by atoms with Gasteiger partial charge in [-0.15, -0.1) is 0 Å². The van der Waals surface area contributed by atoms with E-state index in [0.29, 0.717) is 0 Å². The zero-order valence-electron chi connectivity index (χ0n) is 18.2. The summed E-state index contributed by atoms with van der Waals surface area (Å²) in [5.74, 6) is 0.985. The van der Waals surface area contributed by atoms with Crippen molar-refractivity contribution in [2.45, 2.75) is 52.4 Å². The molecule has 0 N–H and O–H groups in total. The Hall–Kier alpha value is -1.45. The van der Waals surface area contributed by atoms with Crippen molar-refractivity contribution in [1.29, 1.82) is 0 Å². The first-order valence-electron chi connectivity index (χ1n) is 9.89. The van der Waals surface area contributed by atoms with Crippen LogP contribution < -0.4 is 15.1 Å². The van der Waals surface area contributed by atoms with E-state index in [0.717, 1.165) is 5.75 Å². The van der Waals surface area contributed by atoms with Crippen molar-refractivity contribution in [2.24, 2.45) is 0 Å². The molecule has 3 aromatic rings. The summed E-state index contributed by atoms with van der Waals surface area (Å²) in [6, 6.07) is 27.8. The van der Waals surface area contributed by atoms with Crippen LogP contribution in [0.15, 0.2) is 78.9 Å². The van der Waals surface area contributed by atoms with E-state index in [1.54, 1.807) is 0 Å². The molecule has 0 bridgehead atoms. The third-order valence-corrected chi connectivity index (χ3v) is 6.74. The summed E-state index contributed by atoms with van der Waals surface area (Å²) in [5, 5.41) is 2.45. The number of hydrogen-bond donors (Lipinski definition) is 0. The minimum absolute atomic E-state index is 0. The van der Waals surface area contributed by atoms with Crippen molar-refractivity contribution in [3.8, 4) is 5.75 Å². The summed E-state index contributed by atoms with van der Waals surface area (Å²) >= 11 is 0. The van der Waals surface area contributed by atoms with E-state index in [2.05, 4.69) is 120 Å². The maximum atomic E-state index is 6.78. The second-order valence-electron chi connectivity index (χ2n) is 9.27. The maximum absolute atomic E-state index is 6.78. The summed E-state index contributed by atoms with van der Waals surface area (Å²) < 4.78 is 6.78. The van der Waals surface area contributed by atoms with E-state index in [1.165, 1.54) is 21.7 Å². The van der Waals surface area contributed by atoms with Gasteiger partial charge in [0.25, 0.3) is 0 Å². The molecule has 0 aliphatic heterocycles. The third kappa shape index (κ3) is 6.02. The van der Waals surface area contributed by atoms with Crippen LogP contribution in [-0.2, 0) is 31.3 Å². The summed E-state index contributed by atoms with van der Waals surface area (Å²) in [6.45, 7) is 13.6. The Kier molecular flexibility index (Phi) is 7.87. The summed E-state index contributed by atoms with van der Waals surface area (Å²) in [5.41, 5.74) is 2.72. The van der Waals surface area contributed by atoms with Crippen molar-refractivity contribution in [3.05, 3.63) is 90.0 Å². The number of hydrogen-bond acceptors (Lipinski definition) is 1. The van der Waals surface area contributed by atoms with Gasteiger partial charge in [-0.25, -0.2) is 0 Å². The normalized spacial score (nSPS) is 11.8. The number of benzene rings is 3. The van der Waals surface area contributed by atoms with Gasteiger partial charge in [0, 0.05) is 36.6 Å². The molecule has 0 saturated heterocycles. The molecule has 0 atom stereocenters. The van der Waals surface area contributed by atoms with Crippen molar-refractivity contribution in [2.75, 3.05) is 0 Å². The molecule has 0 radical (unpaired) electrons. The van der Waals surface area contributed by atoms with E-state index in [1.807, 2.05) is 0 Å². The first-order chi connectivity index (χ1) is 13.2. The van der Waals surface area contributed by atoms with Gasteiger partial charge in [-0.1, -0.05) is 114 Å². The molecule has 0 heterocycles. The third-order valence-electron chi connectivity index (χ3n) is 4.82. The van der Waals surface area contributed by atoms with Gasteiger partial charge in [0.15, 0.2) is 8.15 Å². The Balaban J connectivity index is 0.00000300. The van der Waals surface area contributed by atoms with Gasteiger partial charge in [0.05, 0.1) is 0 Å². The zero-order valence-corrected chi connectivity index (χ0v) is 20.6. The predicted octanol–water partition coefficient (Wildman–Crippen LogP) is 6.71. The Labute approximate surface area is 191 Å². The van der Waals surface area contributed by atoms with Crippen LogP contribution in [-0.4, -0.2) is 0 Å².